The summed E-state index contributed by atoms with van der Waals surface area (Å²) in [4.78, 5) is 11.1. The molecule has 0 aliphatic rings. The minimum Gasteiger partial charge on any atom is -0.426 e. The molecule has 96 valence electrons. The molecule has 0 unspecified atom stereocenters. The van der Waals surface area contributed by atoms with Gasteiger partial charge in [-0.05, 0) is 44.1 Å². The Labute approximate surface area is 113 Å². The highest BCUT2D eigenvalue weighted by Gasteiger charge is 2.08. The Hall–Kier alpha value is -1.54. The summed E-state index contributed by atoms with van der Waals surface area (Å²) in [7, 11) is 0. The van der Waals surface area contributed by atoms with Crippen LogP contribution in [0.4, 0.5) is 0 Å². The molecule has 1 aromatic rings. The van der Waals surface area contributed by atoms with Gasteiger partial charge in [0.05, 0.1) is 0 Å². The number of benzene rings is 1. The van der Waals surface area contributed by atoms with Gasteiger partial charge in [0.1, 0.15) is 5.76 Å². The van der Waals surface area contributed by atoms with Crippen LogP contribution in [0.15, 0.2) is 41.2 Å². The molecule has 0 radical (unpaired) electrons. The van der Waals surface area contributed by atoms with Crippen LogP contribution < -0.4 is 0 Å². The highest BCUT2D eigenvalue weighted by molar-refractivity contribution is 6.32. The van der Waals surface area contributed by atoms with Crippen molar-refractivity contribution in [3.05, 3.63) is 51.8 Å². The molecule has 0 saturated heterocycles. The second-order valence-electron chi connectivity index (χ2n) is 4.25. The van der Waals surface area contributed by atoms with E-state index in [1.807, 2.05) is 39.0 Å². The third-order valence-corrected chi connectivity index (χ3v) is 2.91. The predicted molar refractivity (Wildman–Crippen MR) is 75.2 cm³/mol. The van der Waals surface area contributed by atoms with E-state index < -0.39 is 0 Å². The molecule has 1 aromatic carbocycles. The SMILES string of the molecule is CC(=O)O/C(=C\c1ccccc1Cl)C(C)=C(C)C. The molecule has 0 aliphatic heterocycles. The maximum Gasteiger partial charge on any atom is 0.308 e. The van der Waals surface area contributed by atoms with Crippen molar-refractivity contribution in [3.63, 3.8) is 0 Å². The summed E-state index contributed by atoms with van der Waals surface area (Å²) in [6.45, 7) is 7.25. The largest absolute Gasteiger partial charge is 0.426 e. The van der Waals surface area contributed by atoms with Crippen LogP contribution in [0.5, 0.6) is 0 Å². The molecule has 18 heavy (non-hydrogen) atoms. The van der Waals surface area contributed by atoms with Crippen LogP contribution in [0.25, 0.3) is 6.08 Å². The van der Waals surface area contributed by atoms with Gasteiger partial charge in [-0.3, -0.25) is 4.79 Å². The van der Waals surface area contributed by atoms with Crippen LogP contribution in [0.2, 0.25) is 5.02 Å². The first-order valence-corrected chi connectivity index (χ1v) is 6.08. The Morgan fingerprint density at radius 1 is 1.17 bits per heavy atom. The lowest BCUT2D eigenvalue weighted by Gasteiger charge is -2.10. The monoisotopic (exact) mass is 264 g/mol. The fraction of sp³-hybridized carbons (Fsp3) is 0.267. The zero-order chi connectivity index (χ0) is 13.7. The molecular weight excluding hydrogens is 248 g/mol. The van der Waals surface area contributed by atoms with Crippen molar-refractivity contribution in [1.29, 1.82) is 0 Å². The molecule has 0 aliphatic carbocycles. The molecule has 0 fully saturated rings. The molecule has 0 bridgehead atoms. The van der Waals surface area contributed by atoms with Gasteiger partial charge in [-0.15, -0.1) is 0 Å². The summed E-state index contributed by atoms with van der Waals surface area (Å²) in [5.74, 6) is 0.199. The van der Waals surface area contributed by atoms with Gasteiger partial charge in [-0.2, -0.15) is 0 Å². The zero-order valence-electron chi connectivity index (χ0n) is 11.1. The van der Waals surface area contributed by atoms with Crippen LogP contribution in [-0.2, 0) is 9.53 Å². The zero-order valence-corrected chi connectivity index (χ0v) is 11.8. The number of allylic oxidation sites excluding steroid dienone is 2. The molecule has 0 saturated carbocycles. The van der Waals surface area contributed by atoms with Crippen molar-refractivity contribution in [3.8, 4) is 0 Å². The third kappa shape index (κ3) is 4.04. The fourth-order valence-electron chi connectivity index (χ4n) is 1.35. The number of carbonyl (C=O) groups excluding carboxylic acids is 1. The molecule has 0 aromatic heterocycles. The predicted octanol–water partition coefficient (Wildman–Crippen LogP) is 4.60. The van der Waals surface area contributed by atoms with Crippen LogP contribution in [-0.4, -0.2) is 5.97 Å². The van der Waals surface area contributed by atoms with Crippen molar-refractivity contribution in [2.45, 2.75) is 27.7 Å². The molecule has 0 N–H and O–H groups in total. The van der Waals surface area contributed by atoms with Crippen LogP contribution in [0, 0.1) is 0 Å². The number of carbonyl (C=O) groups is 1. The van der Waals surface area contributed by atoms with Gasteiger partial charge in [-0.1, -0.05) is 35.4 Å². The van der Waals surface area contributed by atoms with E-state index in [2.05, 4.69) is 0 Å². The molecule has 0 spiro atoms. The Bertz CT molecular complexity index is 509. The van der Waals surface area contributed by atoms with E-state index in [-0.39, 0.29) is 5.97 Å². The van der Waals surface area contributed by atoms with Gasteiger partial charge in [0.25, 0.3) is 0 Å². The van der Waals surface area contributed by atoms with E-state index in [0.717, 1.165) is 16.7 Å². The van der Waals surface area contributed by atoms with Gasteiger partial charge in [0, 0.05) is 11.9 Å². The molecule has 0 heterocycles. The summed E-state index contributed by atoms with van der Waals surface area (Å²) in [5, 5.41) is 0.628. The van der Waals surface area contributed by atoms with Gasteiger partial charge < -0.3 is 4.74 Å². The van der Waals surface area contributed by atoms with E-state index >= 15 is 0 Å². The highest BCUT2D eigenvalue weighted by atomic mass is 35.5. The molecular formula is C15H17ClO2. The van der Waals surface area contributed by atoms with Crippen LogP contribution in [0.1, 0.15) is 33.3 Å². The highest BCUT2D eigenvalue weighted by Crippen LogP contribution is 2.23. The number of hydrogen-bond donors (Lipinski definition) is 0. The minimum absolute atomic E-state index is 0.339. The molecule has 2 nitrogen and oxygen atoms in total. The van der Waals surface area contributed by atoms with Gasteiger partial charge in [-0.25, -0.2) is 0 Å². The second-order valence-corrected chi connectivity index (χ2v) is 4.66. The van der Waals surface area contributed by atoms with E-state index in [4.69, 9.17) is 16.3 Å². The molecule has 0 amide bonds. The van der Waals surface area contributed by atoms with Crippen molar-refractivity contribution >= 4 is 23.6 Å². The lowest BCUT2D eigenvalue weighted by molar-refractivity contribution is -0.136. The lowest BCUT2D eigenvalue weighted by Crippen LogP contribution is -2.01. The summed E-state index contributed by atoms with van der Waals surface area (Å²) >= 11 is 6.09. The maximum atomic E-state index is 11.1. The van der Waals surface area contributed by atoms with Crippen molar-refractivity contribution in [2.24, 2.45) is 0 Å². The van der Waals surface area contributed by atoms with Gasteiger partial charge in [0.2, 0.25) is 0 Å². The van der Waals surface area contributed by atoms with Gasteiger partial charge >= 0.3 is 5.97 Å². The second kappa shape index (κ2) is 6.41. The Morgan fingerprint density at radius 2 is 1.78 bits per heavy atom. The first-order chi connectivity index (χ1) is 8.41. The summed E-state index contributed by atoms with van der Waals surface area (Å²) in [5.41, 5.74) is 2.86. The fourth-order valence-corrected chi connectivity index (χ4v) is 1.54. The minimum atomic E-state index is -0.339. The number of halogens is 1. The van der Waals surface area contributed by atoms with Crippen LogP contribution in [0.3, 0.4) is 0 Å². The van der Waals surface area contributed by atoms with E-state index in [1.54, 1.807) is 12.1 Å². The van der Waals surface area contributed by atoms with Crippen LogP contribution >= 0.6 is 11.6 Å². The molecule has 3 heteroatoms. The summed E-state index contributed by atoms with van der Waals surface area (Å²) < 4.78 is 5.24. The number of ether oxygens (including phenoxy) is 1. The number of rotatable bonds is 3. The van der Waals surface area contributed by atoms with Crippen molar-refractivity contribution in [2.75, 3.05) is 0 Å². The van der Waals surface area contributed by atoms with Crippen molar-refractivity contribution < 1.29 is 9.53 Å². The number of hydrogen-bond acceptors (Lipinski definition) is 2. The first kappa shape index (κ1) is 14.5. The normalized spacial score (nSPS) is 11.1. The average Bonchev–Trinajstić information content (AvgIpc) is 2.29. The smallest absolute Gasteiger partial charge is 0.308 e. The Balaban J connectivity index is 3.23. The molecule has 1 rings (SSSR count). The Kier molecular flexibility index (Phi) is 5.17. The van der Waals surface area contributed by atoms with Gasteiger partial charge in [0.15, 0.2) is 0 Å². The average molecular weight is 265 g/mol. The van der Waals surface area contributed by atoms with E-state index in [1.165, 1.54) is 6.92 Å². The topological polar surface area (TPSA) is 26.3 Å². The third-order valence-electron chi connectivity index (χ3n) is 2.57. The quantitative estimate of drug-likeness (QED) is 0.453. The summed E-state index contributed by atoms with van der Waals surface area (Å²) in [6, 6.07) is 7.43. The maximum absolute atomic E-state index is 11.1. The Morgan fingerprint density at radius 3 is 2.28 bits per heavy atom. The van der Waals surface area contributed by atoms with Crippen molar-refractivity contribution in [1.82, 2.24) is 0 Å². The molecule has 0 atom stereocenters. The number of esters is 1. The lowest BCUT2D eigenvalue weighted by atomic mass is 10.1. The van der Waals surface area contributed by atoms with E-state index in [0.29, 0.717) is 10.8 Å². The standard InChI is InChI=1S/C15H17ClO2/c1-10(2)11(3)15(18-12(4)17)9-13-7-5-6-8-14(13)16/h5-9H,1-4H3/b15-9-. The summed E-state index contributed by atoms with van der Waals surface area (Å²) in [6.07, 6.45) is 1.78. The van der Waals surface area contributed by atoms with E-state index in [9.17, 15) is 4.79 Å². The first-order valence-electron chi connectivity index (χ1n) is 5.71.